The molecule has 5 nitrogen and oxygen atoms in total. The van der Waals surface area contributed by atoms with Crippen molar-refractivity contribution in [2.75, 3.05) is 12.9 Å². The van der Waals surface area contributed by atoms with E-state index in [1.807, 2.05) is 0 Å². The van der Waals surface area contributed by atoms with E-state index in [1.165, 1.54) is 0 Å². The Balaban J connectivity index is 3.96. The fourth-order valence-corrected chi connectivity index (χ4v) is 0.742. The Morgan fingerprint density at radius 1 is 1.83 bits per heavy atom. The third-order valence-corrected chi connectivity index (χ3v) is 1.41. The molecule has 1 amide bonds. The van der Waals surface area contributed by atoms with Gasteiger partial charge in [-0.3, -0.25) is 5.32 Å². The molecular weight excluding hydrogens is 178 g/mol. The third kappa shape index (κ3) is 4.57. The first-order valence-electron chi connectivity index (χ1n) is 3.19. The van der Waals surface area contributed by atoms with E-state index in [9.17, 15) is 4.79 Å². The van der Waals surface area contributed by atoms with Crippen LogP contribution >= 0.6 is 11.8 Å². The molecule has 0 radical (unpaired) electrons. The summed E-state index contributed by atoms with van der Waals surface area (Å²) < 4.78 is 4.57. The zero-order valence-corrected chi connectivity index (χ0v) is 7.64. The van der Waals surface area contributed by atoms with Gasteiger partial charge in [0, 0.05) is 0 Å². The van der Waals surface area contributed by atoms with Crippen molar-refractivity contribution in [1.82, 2.24) is 5.32 Å². The van der Waals surface area contributed by atoms with E-state index in [1.54, 1.807) is 19.4 Å². The zero-order valence-electron chi connectivity index (χ0n) is 6.83. The molecule has 0 bridgehead atoms. The summed E-state index contributed by atoms with van der Waals surface area (Å²) in [7, 11) is 0. The highest BCUT2D eigenvalue weighted by Gasteiger charge is 2.03. The Hall–Kier alpha value is -1.22. The lowest BCUT2D eigenvalue weighted by Crippen LogP contribution is -2.28. The van der Waals surface area contributed by atoms with E-state index in [-0.39, 0.29) is 5.17 Å². The molecule has 6 heteroatoms. The summed E-state index contributed by atoms with van der Waals surface area (Å²) in [6.45, 7) is 1.99. The molecule has 1 N–H and O–H groups in total. The van der Waals surface area contributed by atoms with Crippen molar-refractivity contribution in [2.45, 2.75) is 6.92 Å². The van der Waals surface area contributed by atoms with Crippen molar-refractivity contribution in [2.24, 2.45) is 4.99 Å². The molecule has 66 valence electrons. The minimum absolute atomic E-state index is 0.232. The number of alkyl carbamates (subject to hydrolysis) is 1. The largest absolute Gasteiger partial charge is 0.450 e. The average Bonchev–Trinajstić information content (AvgIpc) is 2.04. The Morgan fingerprint density at radius 2 is 2.50 bits per heavy atom. The van der Waals surface area contributed by atoms with Gasteiger partial charge in [-0.25, -0.2) is 4.79 Å². The van der Waals surface area contributed by atoms with Crippen LogP contribution in [0.3, 0.4) is 0 Å². The number of rotatable bonds is 1. The van der Waals surface area contributed by atoms with Gasteiger partial charge in [-0.1, -0.05) is 11.8 Å². The van der Waals surface area contributed by atoms with Crippen LogP contribution in [-0.4, -0.2) is 24.1 Å². The maximum atomic E-state index is 10.8. The number of amidine groups is 1. The molecule has 0 aliphatic carbocycles. The maximum absolute atomic E-state index is 10.8. The SMILES string of the molecule is CCOC(=O)NC(=NC#N)SC. The first kappa shape index (κ1) is 10.8. The number of nitrogens with one attached hydrogen (secondary N) is 1. The van der Waals surface area contributed by atoms with Crippen molar-refractivity contribution in [3.63, 3.8) is 0 Å². The molecule has 0 saturated heterocycles. The second kappa shape index (κ2) is 6.49. The molecule has 0 aromatic rings. The van der Waals surface area contributed by atoms with Gasteiger partial charge in [-0.05, 0) is 13.2 Å². The highest BCUT2D eigenvalue weighted by atomic mass is 32.2. The van der Waals surface area contributed by atoms with Crippen LogP contribution in [0.1, 0.15) is 6.92 Å². The van der Waals surface area contributed by atoms with Crippen LogP contribution in [0, 0.1) is 11.5 Å². The van der Waals surface area contributed by atoms with Gasteiger partial charge < -0.3 is 4.74 Å². The van der Waals surface area contributed by atoms with Crippen LogP contribution in [0.25, 0.3) is 0 Å². The van der Waals surface area contributed by atoms with Gasteiger partial charge in [0.15, 0.2) is 5.17 Å². The number of nitriles is 1. The molecule has 0 rings (SSSR count). The van der Waals surface area contributed by atoms with Crippen LogP contribution in [0.5, 0.6) is 0 Å². The second-order valence-corrected chi connectivity index (χ2v) is 2.36. The van der Waals surface area contributed by atoms with Gasteiger partial charge in [-0.15, -0.1) is 4.99 Å². The van der Waals surface area contributed by atoms with E-state index in [0.29, 0.717) is 6.61 Å². The predicted octanol–water partition coefficient (Wildman–Crippen LogP) is 0.933. The summed E-state index contributed by atoms with van der Waals surface area (Å²) in [6, 6.07) is 0. The van der Waals surface area contributed by atoms with Crippen molar-refractivity contribution >= 4 is 23.0 Å². The lowest BCUT2D eigenvalue weighted by atomic mass is 10.9. The van der Waals surface area contributed by atoms with E-state index in [0.717, 1.165) is 11.8 Å². The monoisotopic (exact) mass is 187 g/mol. The minimum Gasteiger partial charge on any atom is -0.450 e. The van der Waals surface area contributed by atoms with E-state index in [2.05, 4.69) is 15.0 Å². The molecule has 0 unspecified atom stereocenters. The molecule has 0 aromatic heterocycles. The van der Waals surface area contributed by atoms with Crippen molar-refractivity contribution in [1.29, 1.82) is 5.26 Å². The summed E-state index contributed by atoms with van der Waals surface area (Å²) in [6.07, 6.45) is 2.66. The zero-order chi connectivity index (χ0) is 9.40. The molecule has 0 atom stereocenters. The standard InChI is InChI=1S/C6H9N3O2S/c1-3-11-6(10)9-5(12-2)8-4-7/h3H2,1-2H3,(H,8,9,10). The van der Waals surface area contributed by atoms with Crippen molar-refractivity contribution in [3.05, 3.63) is 0 Å². The fraction of sp³-hybridized carbons (Fsp3) is 0.500. The lowest BCUT2D eigenvalue weighted by Gasteiger charge is -2.03. The van der Waals surface area contributed by atoms with Crippen LogP contribution < -0.4 is 5.32 Å². The number of thioether (sulfide) groups is 1. The Bertz CT molecular complexity index is 221. The Kier molecular flexibility index (Phi) is 5.83. The average molecular weight is 187 g/mol. The van der Waals surface area contributed by atoms with Gasteiger partial charge >= 0.3 is 6.09 Å². The molecule has 0 aliphatic rings. The van der Waals surface area contributed by atoms with Gasteiger partial charge in [0.25, 0.3) is 0 Å². The fourth-order valence-electron chi connectivity index (χ4n) is 0.425. The quantitative estimate of drug-likeness (QED) is 0.376. The number of aliphatic imine (C=N–C) groups is 1. The molecule has 0 heterocycles. The normalized spacial score (nSPS) is 10.2. The molecule has 0 aromatic carbocycles. The predicted molar refractivity (Wildman–Crippen MR) is 46.7 cm³/mol. The molecule has 0 saturated carbocycles. The van der Waals surface area contributed by atoms with Gasteiger partial charge in [0.2, 0.25) is 6.19 Å². The lowest BCUT2D eigenvalue weighted by molar-refractivity contribution is 0.158. The first-order valence-corrected chi connectivity index (χ1v) is 4.41. The van der Waals surface area contributed by atoms with E-state index in [4.69, 9.17) is 5.26 Å². The van der Waals surface area contributed by atoms with Gasteiger partial charge in [-0.2, -0.15) is 5.26 Å². The Morgan fingerprint density at radius 3 is 2.92 bits per heavy atom. The number of amides is 1. The van der Waals surface area contributed by atoms with Crippen molar-refractivity contribution in [3.8, 4) is 6.19 Å². The highest BCUT2D eigenvalue weighted by molar-refractivity contribution is 8.13. The smallest absolute Gasteiger partial charge is 0.413 e. The molecule has 0 aliphatic heterocycles. The maximum Gasteiger partial charge on any atom is 0.413 e. The number of carbonyl (C=O) groups excluding carboxylic acids is 1. The second-order valence-electron chi connectivity index (χ2n) is 1.57. The number of nitrogens with zero attached hydrogens (tertiary/aromatic N) is 2. The van der Waals surface area contributed by atoms with Crippen LogP contribution in [0.15, 0.2) is 4.99 Å². The number of carbonyl (C=O) groups is 1. The summed E-state index contributed by atoms with van der Waals surface area (Å²) in [4.78, 5) is 14.1. The highest BCUT2D eigenvalue weighted by Crippen LogP contribution is 1.94. The molecule has 0 spiro atoms. The topological polar surface area (TPSA) is 74.5 Å². The van der Waals surface area contributed by atoms with Crippen LogP contribution in [-0.2, 0) is 4.74 Å². The van der Waals surface area contributed by atoms with Gasteiger partial charge in [0.05, 0.1) is 6.61 Å². The molecular formula is C6H9N3O2S. The van der Waals surface area contributed by atoms with E-state index >= 15 is 0 Å². The van der Waals surface area contributed by atoms with Gasteiger partial charge in [0.1, 0.15) is 0 Å². The molecule has 0 fully saturated rings. The van der Waals surface area contributed by atoms with E-state index < -0.39 is 6.09 Å². The Labute approximate surface area is 74.8 Å². The summed E-state index contributed by atoms with van der Waals surface area (Å²) in [5.41, 5.74) is 0. The number of ether oxygens (including phenoxy) is 1. The van der Waals surface area contributed by atoms with Crippen molar-refractivity contribution < 1.29 is 9.53 Å². The summed E-state index contributed by atoms with van der Waals surface area (Å²) in [5.74, 6) is 0. The number of hydrogen-bond donors (Lipinski definition) is 1. The number of hydrogen-bond acceptors (Lipinski definition) is 5. The third-order valence-electron chi connectivity index (χ3n) is 0.829. The first-order chi connectivity index (χ1) is 5.74. The van der Waals surface area contributed by atoms with Crippen LogP contribution in [0.4, 0.5) is 4.79 Å². The van der Waals surface area contributed by atoms with Crippen LogP contribution in [0.2, 0.25) is 0 Å². The summed E-state index contributed by atoms with van der Waals surface area (Å²) >= 11 is 1.16. The minimum atomic E-state index is -0.596. The molecule has 12 heavy (non-hydrogen) atoms. The summed E-state index contributed by atoms with van der Waals surface area (Å²) in [5, 5.41) is 10.7.